The minimum Gasteiger partial charge on any atom is -0.387 e. The average Bonchev–Trinajstić information content (AvgIpc) is 2.69. The number of rotatable bonds is 1. The Morgan fingerprint density at radius 1 is 1.35 bits per heavy atom. The van der Waals surface area contributed by atoms with Crippen molar-refractivity contribution in [3.8, 4) is 0 Å². The quantitative estimate of drug-likeness (QED) is 0.742. The van der Waals surface area contributed by atoms with E-state index in [4.69, 9.17) is 0 Å². The van der Waals surface area contributed by atoms with Crippen molar-refractivity contribution in [3.63, 3.8) is 0 Å². The highest BCUT2D eigenvalue weighted by atomic mass is 32.1. The monoisotopic (exact) mass is 295 g/mol. The van der Waals surface area contributed by atoms with Crippen molar-refractivity contribution in [2.24, 2.45) is 5.41 Å². The fraction of sp³-hybridized carbons (Fsp3) is 0.615. The zero-order valence-electron chi connectivity index (χ0n) is 11.5. The van der Waals surface area contributed by atoms with Crippen molar-refractivity contribution in [1.82, 2.24) is 10.3 Å². The molecule has 1 aliphatic heterocycles. The molecular formula is C13H17N3O3S. The lowest BCUT2D eigenvalue weighted by Crippen LogP contribution is -2.51. The lowest BCUT2D eigenvalue weighted by molar-refractivity contribution is -0.130. The Labute approximate surface area is 120 Å². The van der Waals surface area contributed by atoms with E-state index in [1.54, 1.807) is 4.90 Å². The Morgan fingerprint density at radius 2 is 2.00 bits per heavy atom. The number of nitrogens with zero attached hydrogens (tertiary/aromatic N) is 2. The molecule has 7 heteroatoms. The van der Waals surface area contributed by atoms with Gasteiger partial charge in [-0.05, 0) is 18.3 Å². The second-order valence-corrected chi connectivity index (χ2v) is 7.20. The second-order valence-electron chi connectivity index (χ2n) is 6.20. The molecule has 1 atom stereocenters. The first kappa shape index (κ1) is 13.5. The molecule has 1 aliphatic carbocycles. The largest absolute Gasteiger partial charge is 0.387 e. The number of nitrogens with one attached hydrogen (secondary N) is 1. The standard InChI is InChI=1S/C13H17N3O3S/c1-13(2)3-7-11(8(17)4-13)20-12(14-7)16-5-9(18)15-10(19)6-16/h8,17H,3-6H2,1-2H3,(H,15,18,19). The number of thiazole rings is 1. The lowest BCUT2D eigenvalue weighted by atomic mass is 9.77. The summed E-state index contributed by atoms with van der Waals surface area (Å²) in [6.07, 6.45) is 1.01. The number of aliphatic hydroxyl groups is 1. The van der Waals surface area contributed by atoms with Crippen LogP contribution >= 0.6 is 11.3 Å². The van der Waals surface area contributed by atoms with E-state index in [0.29, 0.717) is 11.6 Å². The number of hydrogen-bond acceptors (Lipinski definition) is 6. The highest BCUT2D eigenvalue weighted by Gasteiger charge is 2.35. The van der Waals surface area contributed by atoms with Crippen molar-refractivity contribution in [2.45, 2.75) is 32.8 Å². The number of fused-ring (bicyclic) bond motifs is 1. The number of carbonyl (C=O) groups excluding carboxylic acids is 2. The highest BCUT2D eigenvalue weighted by molar-refractivity contribution is 7.15. The summed E-state index contributed by atoms with van der Waals surface area (Å²) in [5.41, 5.74) is 0.916. The van der Waals surface area contributed by atoms with Gasteiger partial charge in [0, 0.05) is 0 Å². The van der Waals surface area contributed by atoms with E-state index in [0.717, 1.165) is 17.0 Å². The molecule has 1 aromatic heterocycles. The van der Waals surface area contributed by atoms with Crippen LogP contribution in [0.2, 0.25) is 0 Å². The fourth-order valence-electron chi connectivity index (χ4n) is 2.79. The summed E-state index contributed by atoms with van der Waals surface area (Å²) in [6.45, 7) is 4.49. The molecule has 1 saturated heterocycles. The average molecular weight is 295 g/mol. The molecule has 2 aliphatic rings. The van der Waals surface area contributed by atoms with Crippen LogP contribution in [0.5, 0.6) is 0 Å². The predicted molar refractivity (Wildman–Crippen MR) is 74.5 cm³/mol. The zero-order valence-corrected chi connectivity index (χ0v) is 12.3. The van der Waals surface area contributed by atoms with Crippen LogP contribution in [0.1, 0.15) is 36.9 Å². The zero-order chi connectivity index (χ0) is 14.5. The third kappa shape index (κ3) is 2.43. The van der Waals surface area contributed by atoms with Crippen LogP contribution in [-0.2, 0) is 16.0 Å². The SMILES string of the molecule is CC1(C)Cc2nc(N3CC(=O)NC(=O)C3)sc2C(O)C1. The van der Waals surface area contributed by atoms with Gasteiger partial charge in [-0.2, -0.15) is 0 Å². The predicted octanol–water partition coefficient (Wildman–Crippen LogP) is 0.612. The van der Waals surface area contributed by atoms with Gasteiger partial charge in [-0.3, -0.25) is 14.9 Å². The van der Waals surface area contributed by atoms with Crippen molar-refractivity contribution in [3.05, 3.63) is 10.6 Å². The van der Waals surface area contributed by atoms with Gasteiger partial charge in [0.15, 0.2) is 5.13 Å². The van der Waals surface area contributed by atoms with Crippen LogP contribution in [-0.4, -0.2) is 35.0 Å². The topological polar surface area (TPSA) is 82.5 Å². The Kier molecular flexibility index (Phi) is 3.06. The Hall–Kier alpha value is -1.47. The van der Waals surface area contributed by atoms with E-state index >= 15 is 0 Å². The van der Waals surface area contributed by atoms with Crippen LogP contribution in [0.15, 0.2) is 0 Å². The number of aliphatic hydroxyl groups excluding tert-OH is 1. The van der Waals surface area contributed by atoms with Gasteiger partial charge in [0.2, 0.25) is 11.8 Å². The molecule has 2 N–H and O–H groups in total. The summed E-state index contributed by atoms with van der Waals surface area (Å²) in [7, 11) is 0. The molecule has 3 rings (SSSR count). The number of imide groups is 1. The Bertz CT molecular complexity index is 565. The summed E-state index contributed by atoms with van der Waals surface area (Å²) in [5, 5.41) is 13.1. The maximum atomic E-state index is 11.4. The number of carbonyl (C=O) groups is 2. The Balaban J connectivity index is 1.90. The maximum absolute atomic E-state index is 11.4. The highest BCUT2D eigenvalue weighted by Crippen LogP contribution is 2.44. The number of amides is 2. The Morgan fingerprint density at radius 3 is 2.65 bits per heavy atom. The third-order valence-corrected chi connectivity index (χ3v) is 4.89. The van der Waals surface area contributed by atoms with Gasteiger partial charge in [-0.1, -0.05) is 25.2 Å². The number of hydrogen-bond donors (Lipinski definition) is 2. The van der Waals surface area contributed by atoms with Crippen molar-refractivity contribution in [2.75, 3.05) is 18.0 Å². The molecule has 6 nitrogen and oxygen atoms in total. The van der Waals surface area contributed by atoms with Gasteiger partial charge in [-0.15, -0.1) is 0 Å². The minimum absolute atomic E-state index is 0.0207. The van der Waals surface area contributed by atoms with Crippen LogP contribution in [0.25, 0.3) is 0 Å². The summed E-state index contributed by atoms with van der Waals surface area (Å²) in [6, 6.07) is 0. The summed E-state index contributed by atoms with van der Waals surface area (Å²) < 4.78 is 0. The lowest BCUT2D eigenvalue weighted by Gasteiger charge is -2.31. The molecule has 108 valence electrons. The third-order valence-electron chi connectivity index (χ3n) is 3.63. The molecule has 0 bridgehead atoms. The van der Waals surface area contributed by atoms with Gasteiger partial charge >= 0.3 is 0 Å². The summed E-state index contributed by atoms with van der Waals surface area (Å²) in [5.74, 6) is -0.620. The molecule has 0 spiro atoms. The minimum atomic E-state index is -0.505. The van der Waals surface area contributed by atoms with E-state index in [1.807, 2.05) is 0 Å². The van der Waals surface area contributed by atoms with E-state index in [-0.39, 0.29) is 30.3 Å². The van der Waals surface area contributed by atoms with Crippen LogP contribution in [0.4, 0.5) is 5.13 Å². The maximum Gasteiger partial charge on any atom is 0.246 e. The fourth-order valence-corrected chi connectivity index (χ4v) is 3.85. The van der Waals surface area contributed by atoms with Gasteiger partial charge in [0.05, 0.1) is 16.7 Å². The van der Waals surface area contributed by atoms with Crippen molar-refractivity contribution < 1.29 is 14.7 Å². The first-order valence-electron chi connectivity index (χ1n) is 6.59. The van der Waals surface area contributed by atoms with Gasteiger partial charge < -0.3 is 10.0 Å². The molecule has 0 radical (unpaired) electrons. The first-order valence-corrected chi connectivity index (χ1v) is 7.41. The molecule has 0 saturated carbocycles. The van der Waals surface area contributed by atoms with E-state index in [9.17, 15) is 14.7 Å². The smallest absolute Gasteiger partial charge is 0.246 e. The molecule has 2 amide bonds. The second kappa shape index (κ2) is 4.53. The number of piperazine rings is 1. The molecule has 2 heterocycles. The van der Waals surface area contributed by atoms with Crippen LogP contribution < -0.4 is 10.2 Å². The number of anilines is 1. The van der Waals surface area contributed by atoms with E-state index in [2.05, 4.69) is 24.1 Å². The molecule has 0 aromatic carbocycles. The molecule has 1 fully saturated rings. The van der Waals surface area contributed by atoms with Gasteiger partial charge in [0.25, 0.3) is 0 Å². The van der Waals surface area contributed by atoms with Crippen molar-refractivity contribution >= 4 is 28.3 Å². The molecule has 1 unspecified atom stereocenters. The molecule has 1 aromatic rings. The number of aromatic nitrogens is 1. The van der Waals surface area contributed by atoms with Crippen LogP contribution in [0, 0.1) is 5.41 Å². The summed E-state index contributed by atoms with van der Waals surface area (Å²) >= 11 is 1.39. The van der Waals surface area contributed by atoms with Crippen LogP contribution in [0.3, 0.4) is 0 Å². The van der Waals surface area contributed by atoms with Gasteiger partial charge in [-0.25, -0.2) is 4.98 Å². The molecular weight excluding hydrogens is 278 g/mol. The summed E-state index contributed by atoms with van der Waals surface area (Å²) in [4.78, 5) is 29.9. The van der Waals surface area contributed by atoms with Crippen molar-refractivity contribution in [1.29, 1.82) is 0 Å². The van der Waals surface area contributed by atoms with E-state index in [1.165, 1.54) is 11.3 Å². The molecule has 20 heavy (non-hydrogen) atoms. The first-order chi connectivity index (χ1) is 9.34. The van der Waals surface area contributed by atoms with Gasteiger partial charge in [0.1, 0.15) is 13.1 Å². The van der Waals surface area contributed by atoms with E-state index < -0.39 is 6.10 Å². The normalized spacial score (nSPS) is 25.4.